The molecule has 1 aromatic carbocycles. The molecule has 136 valence electrons. The molecule has 1 aliphatic rings. The number of nitrogens with zero attached hydrogens (tertiary/aromatic N) is 3. The van der Waals surface area contributed by atoms with E-state index in [1.807, 2.05) is 35.9 Å². The average molecular weight is 366 g/mol. The summed E-state index contributed by atoms with van der Waals surface area (Å²) in [7, 11) is 0. The molecule has 0 radical (unpaired) electrons. The number of hydrogen-bond acceptors (Lipinski definition) is 5. The molecule has 25 heavy (non-hydrogen) atoms. The van der Waals surface area contributed by atoms with Crippen molar-refractivity contribution in [2.75, 3.05) is 26.3 Å². The molecule has 0 amide bonds. The molecule has 2 N–H and O–H groups in total. The summed E-state index contributed by atoms with van der Waals surface area (Å²) in [5.41, 5.74) is 2.70. The first-order chi connectivity index (χ1) is 12.1. The lowest BCUT2D eigenvalue weighted by Crippen LogP contribution is -2.28. The summed E-state index contributed by atoms with van der Waals surface area (Å²) in [6.45, 7) is 5.57. The van der Waals surface area contributed by atoms with Gasteiger partial charge in [-0.05, 0) is 37.1 Å². The van der Waals surface area contributed by atoms with Crippen molar-refractivity contribution in [3.8, 4) is 5.75 Å². The third-order valence-electron chi connectivity index (χ3n) is 4.38. The number of aliphatic hydroxyl groups is 2. The molecule has 0 saturated heterocycles. The molecule has 1 atom stereocenters. The zero-order chi connectivity index (χ0) is 17.8. The SMILES string of the molecule is Cc1ccc(Cl)c(OCCN2CCCn3nc([C@@H](O)CO)cc3C2)c1. The van der Waals surface area contributed by atoms with Gasteiger partial charge >= 0.3 is 0 Å². The van der Waals surface area contributed by atoms with Gasteiger partial charge in [0.05, 0.1) is 23.0 Å². The van der Waals surface area contributed by atoms with E-state index in [2.05, 4.69) is 10.00 Å². The highest BCUT2D eigenvalue weighted by molar-refractivity contribution is 6.32. The summed E-state index contributed by atoms with van der Waals surface area (Å²) in [6, 6.07) is 7.63. The van der Waals surface area contributed by atoms with E-state index in [1.165, 1.54) is 0 Å². The number of fused-ring (bicyclic) bond motifs is 1. The maximum absolute atomic E-state index is 9.76. The standard InChI is InChI=1S/C18H24ClN3O3/c1-13-3-4-15(19)18(9-13)25-8-7-21-5-2-6-22-14(11-21)10-16(20-22)17(24)12-23/h3-4,9-10,17,23-24H,2,5-8,11-12H2,1H3/t17-/m0/s1. The minimum Gasteiger partial charge on any atom is -0.491 e. The van der Waals surface area contributed by atoms with Crippen LogP contribution in [0.25, 0.3) is 0 Å². The van der Waals surface area contributed by atoms with E-state index in [4.69, 9.17) is 21.4 Å². The smallest absolute Gasteiger partial charge is 0.138 e. The lowest BCUT2D eigenvalue weighted by Gasteiger charge is -2.20. The molecule has 3 rings (SSSR count). The molecular formula is C18H24ClN3O3. The van der Waals surface area contributed by atoms with Crippen LogP contribution >= 0.6 is 11.6 Å². The number of aliphatic hydroxyl groups excluding tert-OH is 2. The molecular weight excluding hydrogens is 342 g/mol. The first kappa shape index (κ1) is 18.2. The summed E-state index contributed by atoms with van der Waals surface area (Å²) in [5, 5.41) is 23.9. The van der Waals surface area contributed by atoms with E-state index in [1.54, 1.807) is 0 Å². The number of benzene rings is 1. The summed E-state index contributed by atoms with van der Waals surface area (Å²) < 4.78 is 7.76. The van der Waals surface area contributed by atoms with E-state index in [0.717, 1.165) is 49.6 Å². The zero-order valence-corrected chi connectivity index (χ0v) is 15.1. The second-order valence-corrected chi connectivity index (χ2v) is 6.80. The number of aryl methyl sites for hydroxylation is 2. The van der Waals surface area contributed by atoms with Crippen molar-refractivity contribution in [2.45, 2.75) is 32.5 Å². The second-order valence-electron chi connectivity index (χ2n) is 6.39. The Labute approximate surface area is 152 Å². The van der Waals surface area contributed by atoms with Gasteiger partial charge in [0, 0.05) is 26.2 Å². The van der Waals surface area contributed by atoms with Gasteiger partial charge in [0.2, 0.25) is 0 Å². The molecule has 2 aromatic rings. The van der Waals surface area contributed by atoms with Crippen molar-refractivity contribution in [3.05, 3.63) is 46.2 Å². The number of halogens is 1. The van der Waals surface area contributed by atoms with Gasteiger partial charge in [0.15, 0.2) is 0 Å². The third kappa shape index (κ3) is 4.52. The summed E-state index contributed by atoms with van der Waals surface area (Å²) >= 11 is 6.16. The highest BCUT2D eigenvalue weighted by Crippen LogP contribution is 2.25. The minimum atomic E-state index is -0.917. The molecule has 0 aliphatic carbocycles. The van der Waals surface area contributed by atoms with Crippen LogP contribution in [0.1, 0.15) is 29.5 Å². The Balaban J connectivity index is 1.58. The molecule has 1 aliphatic heterocycles. The molecule has 1 aromatic heterocycles. The second kappa shape index (κ2) is 8.19. The molecule has 0 fully saturated rings. The zero-order valence-electron chi connectivity index (χ0n) is 14.4. The number of ether oxygens (including phenoxy) is 1. The number of rotatable bonds is 6. The van der Waals surface area contributed by atoms with Crippen molar-refractivity contribution in [3.63, 3.8) is 0 Å². The quantitative estimate of drug-likeness (QED) is 0.820. The van der Waals surface area contributed by atoms with Gasteiger partial charge in [0.25, 0.3) is 0 Å². The van der Waals surface area contributed by atoms with Crippen LogP contribution in [-0.4, -0.2) is 51.2 Å². The Morgan fingerprint density at radius 1 is 1.32 bits per heavy atom. The van der Waals surface area contributed by atoms with Gasteiger partial charge in [-0.25, -0.2) is 0 Å². The van der Waals surface area contributed by atoms with Crippen LogP contribution in [0.4, 0.5) is 0 Å². The predicted octanol–water partition coefficient (Wildman–Crippen LogP) is 2.16. The van der Waals surface area contributed by atoms with Crippen molar-refractivity contribution < 1.29 is 14.9 Å². The van der Waals surface area contributed by atoms with Crippen LogP contribution in [-0.2, 0) is 13.1 Å². The normalized spacial score (nSPS) is 16.3. The van der Waals surface area contributed by atoms with Gasteiger partial charge in [0.1, 0.15) is 18.5 Å². The fourth-order valence-corrected chi connectivity index (χ4v) is 3.18. The van der Waals surface area contributed by atoms with Crippen molar-refractivity contribution in [2.24, 2.45) is 0 Å². The van der Waals surface area contributed by atoms with Crippen LogP contribution in [0.3, 0.4) is 0 Å². The van der Waals surface area contributed by atoms with Crippen LogP contribution in [0.5, 0.6) is 5.75 Å². The van der Waals surface area contributed by atoms with Gasteiger partial charge < -0.3 is 14.9 Å². The van der Waals surface area contributed by atoms with E-state index in [9.17, 15) is 5.11 Å². The summed E-state index contributed by atoms with van der Waals surface area (Å²) in [4.78, 5) is 2.30. The van der Waals surface area contributed by atoms with E-state index in [0.29, 0.717) is 17.3 Å². The molecule has 0 saturated carbocycles. The molecule has 2 heterocycles. The predicted molar refractivity (Wildman–Crippen MR) is 95.9 cm³/mol. The third-order valence-corrected chi connectivity index (χ3v) is 4.69. The highest BCUT2D eigenvalue weighted by Gasteiger charge is 2.19. The topological polar surface area (TPSA) is 70.8 Å². The Kier molecular flexibility index (Phi) is 5.96. The van der Waals surface area contributed by atoms with E-state index < -0.39 is 6.10 Å². The monoisotopic (exact) mass is 365 g/mol. The molecule has 7 heteroatoms. The van der Waals surface area contributed by atoms with Gasteiger partial charge in [-0.15, -0.1) is 0 Å². The minimum absolute atomic E-state index is 0.314. The van der Waals surface area contributed by atoms with Crippen molar-refractivity contribution in [1.29, 1.82) is 0 Å². The van der Waals surface area contributed by atoms with Crippen LogP contribution in [0, 0.1) is 6.92 Å². The van der Waals surface area contributed by atoms with Gasteiger partial charge in [-0.2, -0.15) is 5.10 Å². The fraction of sp³-hybridized carbons (Fsp3) is 0.500. The maximum atomic E-state index is 9.76. The van der Waals surface area contributed by atoms with Crippen LogP contribution in [0.2, 0.25) is 5.02 Å². The number of hydrogen-bond donors (Lipinski definition) is 2. The Hall–Kier alpha value is -1.60. The van der Waals surface area contributed by atoms with Crippen molar-refractivity contribution in [1.82, 2.24) is 14.7 Å². The van der Waals surface area contributed by atoms with Crippen LogP contribution < -0.4 is 4.74 Å². The first-order valence-electron chi connectivity index (χ1n) is 8.53. The Morgan fingerprint density at radius 3 is 2.96 bits per heavy atom. The van der Waals surface area contributed by atoms with Crippen LogP contribution in [0.15, 0.2) is 24.3 Å². The average Bonchev–Trinajstić information content (AvgIpc) is 2.90. The molecule has 0 bridgehead atoms. The highest BCUT2D eigenvalue weighted by atomic mass is 35.5. The number of aromatic nitrogens is 2. The molecule has 0 unspecified atom stereocenters. The maximum Gasteiger partial charge on any atom is 0.138 e. The lowest BCUT2D eigenvalue weighted by molar-refractivity contribution is 0.0916. The Bertz CT molecular complexity index is 720. The molecule has 6 nitrogen and oxygen atoms in total. The van der Waals surface area contributed by atoms with E-state index in [-0.39, 0.29) is 6.61 Å². The summed E-state index contributed by atoms with van der Waals surface area (Å²) in [6.07, 6.45) is 0.0637. The largest absolute Gasteiger partial charge is 0.491 e. The fourth-order valence-electron chi connectivity index (χ4n) is 3.00. The lowest BCUT2D eigenvalue weighted by atomic mass is 10.2. The van der Waals surface area contributed by atoms with Gasteiger partial charge in [-0.1, -0.05) is 17.7 Å². The first-order valence-corrected chi connectivity index (χ1v) is 8.91. The molecule has 0 spiro atoms. The van der Waals surface area contributed by atoms with E-state index >= 15 is 0 Å². The summed E-state index contributed by atoms with van der Waals surface area (Å²) in [5.74, 6) is 0.717. The van der Waals surface area contributed by atoms with Crippen molar-refractivity contribution >= 4 is 11.6 Å². The van der Waals surface area contributed by atoms with Gasteiger partial charge in [-0.3, -0.25) is 9.58 Å². The Morgan fingerprint density at radius 2 is 2.16 bits per heavy atom.